The molecule has 15 heavy (non-hydrogen) atoms. The fourth-order valence-electron chi connectivity index (χ4n) is 3.43. The monoisotopic (exact) mass is 232 g/mol. The Morgan fingerprint density at radius 2 is 2.07 bits per heavy atom. The molecule has 2 saturated carbocycles. The summed E-state index contributed by atoms with van der Waals surface area (Å²) in [6.45, 7) is 1.14. The summed E-state index contributed by atoms with van der Waals surface area (Å²) in [5.41, 5.74) is 0. The zero-order chi connectivity index (χ0) is 10.6. The van der Waals surface area contributed by atoms with E-state index in [1.807, 2.05) is 0 Å². The lowest BCUT2D eigenvalue weighted by molar-refractivity contribution is -0.195. The van der Waals surface area contributed by atoms with Crippen molar-refractivity contribution in [1.29, 1.82) is 0 Å². The number of aliphatic carboxylic acids is 1. The van der Waals surface area contributed by atoms with Gasteiger partial charge in [-0.05, 0) is 12.3 Å². The predicted octanol–water partition coefficient (Wildman–Crippen LogP) is 1.08. The topological polar surface area (TPSA) is 55.8 Å². The van der Waals surface area contributed by atoms with E-state index < -0.39 is 11.8 Å². The Labute approximate surface area is 92.5 Å². The summed E-state index contributed by atoms with van der Waals surface area (Å²) in [6.07, 6.45) is 1.34. The van der Waals surface area contributed by atoms with Gasteiger partial charge in [0.1, 0.15) is 0 Å². The highest BCUT2D eigenvalue weighted by Crippen LogP contribution is 2.59. The maximum Gasteiger partial charge on any atom is 0.307 e. The SMILES string of the molecule is O=C(O)[C@@H]1[C@@H]2CC3(OCCO3)[C@@H]1C[C@H]2Cl. The van der Waals surface area contributed by atoms with E-state index in [-0.39, 0.29) is 23.1 Å². The number of fused-ring (bicyclic) bond motifs is 3. The van der Waals surface area contributed by atoms with Gasteiger partial charge in [-0.15, -0.1) is 11.6 Å². The number of carboxylic acid groups (broad SMARTS) is 1. The predicted molar refractivity (Wildman–Crippen MR) is 51.6 cm³/mol. The molecular weight excluding hydrogens is 220 g/mol. The third-order valence-electron chi connectivity index (χ3n) is 3.98. The van der Waals surface area contributed by atoms with Crippen molar-refractivity contribution in [3.8, 4) is 0 Å². The summed E-state index contributed by atoms with van der Waals surface area (Å²) in [7, 11) is 0. The first-order chi connectivity index (χ1) is 7.14. The van der Waals surface area contributed by atoms with Crippen LogP contribution in [0.15, 0.2) is 0 Å². The first-order valence-corrected chi connectivity index (χ1v) is 5.72. The third kappa shape index (κ3) is 1.19. The van der Waals surface area contributed by atoms with Crippen molar-refractivity contribution in [2.24, 2.45) is 17.8 Å². The lowest BCUT2D eigenvalue weighted by Crippen LogP contribution is -2.39. The number of ether oxygens (including phenoxy) is 2. The summed E-state index contributed by atoms with van der Waals surface area (Å²) in [6, 6.07) is 0. The van der Waals surface area contributed by atoms with E-state index in [2.05, 4.69) is 0 Å². The molecule has 2 aliphatic carbocycles. The van der Waals surface area contributed by atoms with Crippen LogP contribution >= 0.6 is 11.6 Å². The highest BCUT2D eigenvalue weighted by Gasteiger charge is 2.65. The number of alkyl halides is 1. The minimum Gasteiger partial charge on any atom is -0.481 e. The zero-order valence-electron chi connectivity index (χ0n) is 8.19. The van der Waals surface area contributed by atoms with Crippen LogP contribution in [0.5, 0.6) is 0 Å². The van der Waals surface area contributed by atoms with Crippen molar-refractivity contribution in [1.82, 2.24) is 0 Å². The molecule has 5 heteroatoms. The lowest BCUT2D eigenvalue weighted by Gasteiger charge is -2.33. The highest BCUT2D eigenvalue weighted by atomic mass is 35.5. The van der Waals surface area contributed by atoms with Gasteiger partial charge >= 0.3 is 5.97 Å². The van der Waals surface area contributed by atoms with E-state index in [4.69, 9.17) is 21.1 Å². The molecule has 0 radical (unpaired) electrons. The number of carboxylic acids is 1. The smallest absolute Gasteiger partial charge is 0.307 e. The quantitative estimate of drug-likeness (QED) is 0.688. The molecular formula is C10H13ClO4. The Balaban J connectivity index is 1.92. The molecule has 3 aliphatic rings. The van der Waals surface area contributed by atoms with Crippen LogP contribution in [0.1, 0.15) is 12.8 Å². The maximum absolute atomic E-state index is 11.2. The molecule has 2 bridgehead atoms. The third-order valence-corrected chi connectivity index (χ3v) is 4.49. The molecule has 1 aliphatic heterocycles. The summed E-state index contributed by atoms with van der Waals surface area (Å²) in [5, 5.41) is 9.15. The Hall–Kier alpha value is -0.320. The molecule has 0 unspecified atom stereocenters. The van der Waals surface area contributed by atoms with Gasteiger partial charge in [-0.2, -0.15) is 0 Å². The van der Waals surface area contributed by atoms with Gasteiger partial charge in [0, 0.05) is 17.7 Å². The molecule has 0 aromatic carbocycles. The second kappa shape index (κ2) is 3.09. The molecule has 84 valence electrons. The number of halogens is 1. The van der Waals surface area contributed by atoms with Crippen LogP contribution in [0, 0.1) is 17.8 Å². The van der Waals surface area contributed by atoms with E-state index >= 15 is 0 Å². The van der Waals surface area contributed by atoms with Crippen molar-refractivity contribution >= 4 is 17.6 Å². The van der Waals surface area contributed by atoms with Gasteiger partial charge in [-0.3, -0.25) is 4.79 Å². The summed E-state index contributed by atoms with van der Waals surface area (Å²) >= 11 is 6.13. The minimum atomic E-state index is -0.760. The average Bonchev–Trinajstić information content (AvgIpc) is 2.81. The van der Waals surface area contributed by atoms with Crippen molar-refractivity contribution < 1.29 is 19.4 Å². The molecule has 1 heterocycles. The molecule has 3 fully saturated rings. The fraction of sp³-hybridized carbons (Fsp3) is 0.900. The van der Waals surface area contributed by atoms with E-state index in [0.29, 0.717) is 26.1 Å². The number of hydrogen-bond donors (Lipinski definition) is 1. The van der Waals surface area contributed by atoms with Crippen molar-refractivity contribution in [2.75, 3.05) is 13.2 Å². The van der Waals surface area contributed by atoms with Crippen LogP contribution in [0.3, 0.4) is 0 Å². The van der Waals surface area contributed by atoms with E-state index in [1.165, 1.54) is 0 Å². The molecule has 3 rings (SSSR count). The van der Waals surface area contributed by atoms with Crippen LogP contribution in [-0.2, 0) is 14.3 Å². The summed E-state index contributed by atoms with van der Waals surface area (Å²) < 4.78 is 11.2. The molecule has 1 saturated heterocycles. The van der Waals surface area contributed by atoms with Gasteiger partial charge in [-0.1, -0.05) is 0 Å². The first kappa shape index (κ1) is 9.87. The van der Waals surface area contributed by atoms with Gasteiger partial charge in [0.15, 0.2) is 5.79 Å². The molecule has 1 N–H and O–H groups in total. The van der Waals surface area contributed by atoms with Crippen LogP contribution in [0.25, 0.3) is 0 Å². The molecule has 4 atom stereocenters. The maximum atomic E-state index is 11.2. The van der Waals surface area contributed by atoms with E-state index in [1.54, 1.807) is 0 Å². The number of rotatable bonds is 1. The number of carbonyl (C=O) groups is 1. The highest BCUT2D eigenvalue weighted by molar-refractivity contribution is 6.21. The fourth-order valence-corrected chi connectivity index (χ4v) is 3.87. The van der Waals surface area contributed by atoms with Crippen molar-refractivity contribution in [3.63, 3.8) is 0 Å². The minimum absolute atomic E-state index is 0.00673. The summed E-state index contributed by atoms with van der Waals surface area (Å²) in [5.74, 6) is -1.83. The molecule has 4 nitrogen and oxygen atoms in total. The zero-order valence-corrected chi connectivity index (χ0v) is 8.94. The first-order valence-electron chi connectivity index (χ1n) is 5.29. The summed E-state index contributed by atoms with van der Waals surface area (Å²) in [4.78, 5) is 11.2. The van der Waals surface area contributed by atoms with Gasteiger partial charge in [0.25, 0.3) is 0 Å². The normalized spacial score (nSPS) is 46.5. The van der Waals surface area contributed by atoms with Gasteiger partial charge in [0.05, 0.1) is 19.1 Å². The largest absolute Gasteiger partial charge is 0.481 e. The van der Waals surface area contributed by atoms with Crippen LogP contribution in [0.2, 0.25) is 0 Å². The molecule has 1 spiro atoms. The number of hydrogen-bond acceptors (Lipinski definition) is 3. The Morgan fingerprint density at radius 3 is 2.60 bits per heavy atom. The molecule has 0 amide bonds. The van der Waals surface area contributed by atoms with Crippen LogP contribution < -0.4 is 0 Å². The molecule has 0 aromatic rings. The Bertz CT molecular complexity index is 300. The van der Waals surface area contributed by atoms with Crippen LogP contribution in [0.4, 0.5) is 0 Å². The van der Waals surface area contributed by atoms with Crippen LogP contribution in [-0.4, -0.2) is 35.5 Å². The standard InChI is InChI=1S/C10H13ClO4/c11-7-3-6-8(9(12)13)5(7)4-10(6)14-1-2-15-10/h5-8H,1-4H2,(H,12,13)/t5-,6-,7-,8-/m1/s1. The Morgan fingerprint density at radius 1 is 1.40 bits per heavy atom. The van der Waals surface area contributed by atoms with Gasteiger partial charge in [-0.25, -0.2) is 0 Å². The Kier molecular flexibility index (Phi) is 2.03. The van der Waals surface area contributed by atoms with Gasteiger partial charge < -0.3 is 14.6 Å². The second-order valence-electron chi connectivity index (χ2n) is 4.60. The molecule has 0 aromatic heterocycles. The second-order valence-corrected chi connectivity index (χ2v) is 5.16. The van der Waals surface area contributed by atoms with Crippen molar-refractivity contribution in [2.45, 2.75) is 24.0 Å². The lowest BCUT2D eigenvalue weighted by atomic mass is 9.93. The average molecular weight is 233 g/mol. The van der Waals surface area contributed by atoms with Crippen molar-refractivity contribution in [3.05, 3.63) is 0 Å². The van der Waals surface area contributed by atoms with Gasteiger partial charge in [0.2, 0.25) is 0 Å². The van der Waals surface area contributed by atoms with E-state index in [9.17, 15) is 9.90 Å². The van der Waals surface area contributed by atoms with E-state index in [0.717, 1.165) is 0 Å².